The number of urea groups is 1. The van der Waals surface area contributed by atoms with Gasteiger partial charge in [-0.1, -0.05) is 6.42 Å². The van der Waals surface area contributed by atoms with Gasteiger partial charge in [0.25, 0.3) is 0 Å². The molecule has 2 N–H and O–H groups in total. The molecule has 1 saturated carbocycles. The molecule has 1 aliphatic carbocycles. The Morgan fingerprint density at radius 1 is 1.14 bits per heavy atom. The van der Waals surface area contributed by atoms with Gasteiger partial charge in [-0.3, -0.25) is 4.79 Å². The molecular weight excluding hydrogens is 298 g/mol. The van der Waals surface area contributed by atoms with Gasteiger partial charge in [-0.15, -0.1) is 0 Å². The van der Waals surface area contributed by atoms with Crippen LogP contribution in [0.25, 0.3) is 0 Å². The first-order chi connectivity index (χ1) is 9.79. The number of hydrogen-bond donors (Lipinski definition) is 2. The topological polar surface area (TPSA) is 107 Å². The summed E-state index contributed by atoms with van der Waals surface area (Å²) in [7, 11) is -3.22. The number of carbonyl (C=O) groups excluding carboxylic acids is 1. The summed E-state index contributed by atoms with van der Waals surface area (Å²) >= 11 is 0. The second-order valence-electron chi connectivity index (χ2n) is 5.58. The van der Waals surface area contributed by atoms with Crippen LogP contribution < -0.4 is 5.32 Å². The first-order valence-electron chi connectivity index (χ1n) is 7.02. The molecule has 0 radical (unpaired) electrons. The molecule has 2 fully saturated rings. The number of carboxylic acid groups (broad SMARTS) is 1. The van der Waals surface area contributed by atoms with Crippen molar-refractivity contribution in [2.75, 3.05) is 32.4 Å². The molecule has 0 aromatic heterocycles. The summed E-state index contributed by atoms with van der Waals surface area (Å²) in [5, 5.41) is 11.9. The van der Waals surface area contributed by atoms with Crippen molar-refractivity contribution in [2.24, 2.45) is 5.92 Å². The van der Waals surface area contributed by atoms with Crippen molar-refractivity contribution in [1.29, 1.82) is 0 Å². The Balaban J connectivity index is 1.87. The lowest BCUT2D eigenvalue weighted by Crippen LogP contribution is -2.55. The number of nitrogens with zero attached hydrogens (tertiary/aromatic N) is 2. The van der Waals surface area contributed by atoms with Gasteiger partial charge < -0.3 is 15.3 Å². The Morgan fingerprint density at radius 3 is 2.29 bits per heavy atom. The number of carbonyl (C=O) groups is 2. The summed E-state index contributed by atoms with van der Waals surface area (Å²) in [4.78, 5) is 24.8. The fourth-order valence-corrected chi connectivity index (χ4v) is 3.73. The molecule has 21 heavy (non-hydrogen) atoms. The molecule has 0 aromatic carbocycles. The second kappa shape index (κ2) is 6.18. The number of rotatable bonds is 3. The van der Waals surface area contributed by atoms with E-state index in [4.69, 9.17) is 5.11 Å². The number of sulfonamides is 1. The van der Waals surface area contributed by atoms with Gasteiger partial charge in [-0.05, 0) is 12.8 Å². The number of aliphatic carboxylic acids is 1. The van der Waals surface area contributed by atoms with Crippen LogP contribution in [0.5, 0.6) is 0 Å². The molecule has 8 nitrogen and oxygen atoms in total. The maximum Gasteiger partial charge on any atom is 0.317 e. The molecule has 9 heteroatoms. The average molecular weight is 319 g/mol. The quantitative estimate of drug-likeness (QED) is 0.731. The Hall–Kier alpha value is -1.35. The summed E-state index contributed by atoms with van der Waals surface area (Å²) in [6.07, 6.45) is 3.20. The molecule has 2 amide bonds. The SMILES string of the molecule is CS(=O)(=O)N1CCN(C(=O)NC2CCCC2C(=O)O)CC1. The minimum absolute atomic E-state index is 0.277. The number of nitrogens with one attached hydrogen (secondary N) is 1. The van der Waals surface area contributed by atoms with E-state index in [0.29, 0.717) is 25.9 Å². The molecule has 2 rings (SSSR count). The first-order valence-corrected chi connectivity index (χ1v) is 8.87. The van der Waals surface area contributed by atoms with Crippen LogP contribution in [0.1, 0.15) is 19.3 Å². The number of hydrogen-bond acceptors (Lipinski definition) is 4. The predicted molar refractivity (Wildman–Crippen MR) is 75.3 cm³/mol. The summed E-state index contributed by atoms with van der Waals surface area (Å²) in [6.45, 7) is 1.20. The zero-order valence-electron chi connectivity index (χ0n) is 12.0. The lowest BCUT2D eigenvalue weighted by atomic mass is 10.0. The van der Waals surface area contributed by atoms with Crippen molar-refractivity contribution in [2.45, 2.75) is 25.3 Å². The predicted octanol–water partition coefficient (Wildman–Crippen LogP) is -0.473. The maximum absolute atomic E-state index is 12.1. The van der Waals surface area contributed by atoms with Crippen molar-refractivity contribution in [1.82, 2.24) is 14.5 Å². The maximum atomic E-state index is 12.1. The summed E-state index contributed by atoms with van der Waals surface area (Å²) in [6, 6.07) is -0.635. The molecular formula is C12H21N3O5S. The normalized spacial score (nSPS) is 27.6. The Morgan fingerprint density at radius 2 is 1.76 bits per heavy atom. The highest BCUT2D eigenvalue weighted by atomic mass is 32.2. The van der Waals surface area contributed by atoms with Gasteiger partial charge in [0.05, 0.1) is 12.2 Å². The minimum atomic E-state index is -3.22. The van der Waals surface area contributed by atoms with Crippen molar-refractivity contribution in [3.63, 3.8) is 0 Å². The fraction of sp³-hybridized carbons (Fsp3) is 0.833. The standard InChI is InChI=1S/C12H21N3O5S/c1-21(19,20)15-7-5-14(6-8-15)12(18)13-10-4-2-3-9(10)11(16)17/h9-10H,2-8H2,1H3,(H,13,18)(H,16,17). The van der Waals surface area contributed by atoms with Gasteiger partial charge in [0.1, 0.15) is 0 Å². The van der Waals surface area contributed by atoms with E-state index in [1.54, 1.807) is 4.90 Å². The highest BCUT2D eigenvalue weighted by Crippen LogP contribution is 2.26. The zero-order valence-corrected chi connectivity index (χ0v) is 12.8. The lowest BCUT2D eigenvalue weighted by Gasteiger charge is -2.34. The van der Waals surface area contributed by atoms with Crippen LogP contribution in [-0.2, 0) is 14.8 Å². The van der Waals surface area contributed by atoms with Gasteiger partial charge in [-0.2, -0.15) is 4.31 Å². The van der Waals surface area contributed by atoms with E-state index in [2.05, 4.69) is 5.32 Å². The number of carboxylic acids is 1. The van der Waals surface area contributed by atoms with Crippen molar-refractivity contribution in [3.8, 4) is 0 Å². The highest BCUT2D eigenvalue weighted by molar-refractivity contribution is 7.88. The second-order valence-corrected chi connectivity index (χ2v) is 7.56. The van der Waals surface area contributed by atoms with E-state index >= 15 is 0 Å². The van der Waals surface area contributed by atoms with Crippen LogP contribution in [0, 0.1) is 5.92 Å². The third-order valence-electron chi connectivity index (χ3n) is 4.14. The van der Waals surface area contributed by atoms with Crippen molar-refractivity contribution >= 4 is 22.0 Å². The van der Waals surface area contributed by atoms with E-state index in [0.717, 1.165) is 12.7 Å². The van der Waals surface area contributed by atoms with Crippen LogP contribution >= 0.6 is 0 Å². The molecule has 2 unspecified atom stereocenters. The largest absolute Gasteiger partial charge is 0.481 e. The Bertz CT molecular complexity index is 513. The van der Waals surface area contributed by atoms with Crippen molar-refractivity contribution in [3.05, 3.63) is 0 Å². The fourth-order valence-electron chi connectivity index (χ4n) is 2.90. The molecule has 0 aromatic rings. The summed E-state index contributed by atoms with van der Waals surface area (Å²) in [5.41, 5.74) is 0. The van der Waals surface area contributed by atoms with Crippen LogP contribution in [0.2, 0.25) is 0 Å². The summed E-state index contributed by atoms with van der Waals surface area (Å²) < 4.78 is 24.1. The molecule has 2 atom stereocenters. The smallest absolute Gasteiger partial charge is 0.317 e. The highest BCUT2D eigenvalue weighted by Gasteiger charge is 2.35. The van der Waals surface area contributed by atoms with Gasteiger partial charge in [0.15, 0.2) is 0 Å². The molecule has 2 aliphatic rings. The van der Waals surface area contributed by atoms with Crippen LogP contribution in [0.15, 0.2) is 0 Å². The van der Waals surface area contributed by atoms with Gasteiger partial charge >= 0.3 is 12.0 Å². The third-order valence-corrected chi connectivity index (χ3v) is 5.44. The van der Waals surface area contributed by atoms with E-state index < -0.39 is 21.9 Å². The molecule has 1 saturated heterocycles. The number of piperazine rings is 1. The van der Waals surface area contributed by atoms with Gasteiger partial charge in [0.2, 0.25) is 10.0 Å². The van der Waals surface area contributed by atoms with Crippen LogP contribution in [0.3, 0.4) is 0 Å². The monoisotopic (exact) mass is 319 g/mol. The lowest BCUT2D eigenvalue weighted by molar-refractivity contribution is -0.142. The Labute approximate surface area is 124 Å². The van der Waals surface area contributed by atoms with Crippen molar-refractivity contribution < 1.29 is 23.1 Å². The molecule has 0 spiro atoms. The van der Waals surface area contributed by atoms with E-state index in [1.165, 1.54) is 4.31 Å². The van der Waals surface area contributed by atoms with E-state index in [-0.39, 0.29) is 25.2 Å². The molecule has 120 valence electrons. The Kier molecular flexibility index (Phi) is 4.72. The zero-order chi connectivity index (χ0) is 15.6. The van der Waals surface area contributed by atoms with Crippen LogP contribution in [0.4, 0.5) is 4.79 Å². The molecule has 1 aliphatic heterocycles. The third kappa shape index (κ3) is 3.85. The number of amides is 2. The van der Waals surface area contributed by atoms with Gasteiger partial charge in [-0.25, -0.2) is 13.2 Å². The molecule has 1 heterocycles. The van der Waals surface area contributed by atoms with E-state index in [9.17, 15) is 18.0 Å². The van der Waals surface area contributed by atoms with Gasteiger partial charge in [0, 0.05) is 32.2 Å². The summed E-state index contributed by atoms with van der Waals surface area (Å²) in [5.74, 6) is -1.40. The van der Waals surface area contributed by atoms with E-state index in [1.807, 2.05) is 0 Å². The van der Waals surface area contributed by atoms with Crippen LogP contribution in [-0.4, -0.2) is 73.2 Å². The molecule has 0 bridgehead atoms. The minimum Gasteiger partial charge on any atom is -0.481 e. The first kappa shape index (κ1) is 16.0. The average Bonchev–Trinajstić information content (AvgIpc) is 2.86.